The summed E-state index contributed by atoms with van der Waals surface area (Å²) < 4.78 is 23.4. The summed E-state index contributed by atoms with van der Waals surface area (Å²) in [4.78, 5) is 8.59. The van der Waals surface area contributed by atoms with E-state index in [9.17, 15) is 14.4 Å². The maximum absolute atomic E-state index is 10.8. The molecule has 0 amide bonds. The van der Waals surface area contributed by atoms with Gasteiger partial charge in [-0.2, -0.15) is 9.57 Å². The van der Waals surface area contributed by atoms with Gasteiger partial charge >= 0.3 is 0 Å². The van der Waals surface area contributed by atoms with Gasteiger partial charge < -0.3 is 0 Å². The van der Waals surface area contributed by atoms with Crippen molar-refractivity contribution in [1.82, 2.24) is 14.3 Å². The molecular weight excluding hydrogens is 384 g/mol. The van der Waals surface area contributed by atoms with Gasteiger partial charge in [0.05, 0.1) is 23.4 Å². The van der Waals surface area contributed by atoms with Crippen LogP contribution >= 0.6 is 10.8 Å². The van der Waals surface area contributed by atoms with E-state index in [0.29, 0.717) is 24.3 Å². The molecule has 2 aromatic heterocycles. The lowest BCUT2D eigenvalue weighted by Gasteiger charge is -2.45. The first-order chi connectivity index (χ1) is 14.1. The van der Waals surface area contributed by atoms with Crippen LogP contribution in [-0.2, 0) is 0 Å². The van der Waals surface area contributed by atoms with Crippen molar-refractivity contribution in [3.05, 3.63) is 95.6 Å². The largest absolute Gasteiger partial charge is 0.285 e. The summed E-state index contributed by atoms with van der Waals surface area (Å²) in [5, 5.41) is 9.41. The first-order valence-electron chi connectivity index (χ1n) is 9.43. The smallest absolute Gasteiger partial charge is 0.0991 e. The standard InChI is InChI=1S/C22H22N4O2S/c23-14-17-5-1-6-18(13-17)22(26-11-4-12-29(26,27)28)21(19-7-2-9-24-15-19)20-8-3-10-25-16-20/h1-3,5-10,13,15-16,21-22,27-28H,4,11-12H2. The molecule has 0 spiro atoms. The van der Waals surface area contributed by atoms with Gasteiger partial charge in [0.25, 0.3) is 0 Å². The SMILES string of the molecule is N#Cc1cccc(C(C(c2cccnc2)c2cccnc2)N2CCCS2(O)O)c1. The Morgan fingerprint density at radius 3 is 2.14 bits per heavy atom. The molecule has 1 unspecified atom stereocenters. The molecule has 7 heteroatoms. The molecule has 0 radical (unpaired) electrons. The summed E-state index contributed by atoms with van der Waals surface area (Å²) in [6.45, 7) is 0.570. The van der Waals surface area contributed by atoms with Crippen LogP contribution in [0.1, 0.15) is 40.6 Å². The zero-order valence-electron chi connectivity index (χ0n) is 15.8. The van der Waals surface area contributed by atoms with Gasteiger partial charge in [-0.05, 0) is 47.4 Å². The maximum Gasteiger partial charge on any atom is 0.0991 e. The van der Waals surface area contributed by atoms with Gasteiger partial charge in [0.2, 0.25) is 0 Å². The molecule has 148 valence electrons. The average molecular weight is 407 g/mol. The lowest BCUT2D eigenvalue weighted by Crippen LogP contribution is -2.33. The summed E-state index contributed by atoms with van der Waals surface area (Å²) in [5.41, 5.74) is 3.31. The third kappa shape index (κ3) is 4.02. The van der Waals surface area contributed by atoms with E-state index >= 15 is 0 Å². The first kappa shape index (κ1) is 19.6. The summed E-state index contributed by atoms with van der Waals surface area (Å²) >= 11 is 0. The third-order valence-corrected chi connectivity index (χ3v) is 7.24. The van der Waals surface area contributed by atoms with Crippen molar-refractivity contribution in [3.8, 4) is 6.07 Å². The molecule has 3 heterocycles. The Labute approximate surface area is 172 Å². The van der Waals surface area contributed by atoms with E-state index in [4.69, 9.17) is 0 Å². The van der Waals surface area contributed by atoms with Crippen LogP contribution in [0, 0.1) is 11.3 Å². The van der Waals surface area contributed by atoms with Crippen LogP contribution < -0.4 is 0 Å². The molecule has 6 nitrogen and oxygen atoms in total. The molecule has 4 rings (SSSR count). The monoisotopic (exact) mass is 406 g/mol. The molecule has 1 saturated heterocycles. The first-order valence-corrected chi connectivity index (χ1v) is 11.1. The lowest BCUT2D eigenvalue weighted by atomic mass is 9.82. The molecule has 29 heavy (non-hydrogen) atoms. The minimum Gasteiger partial charge on any atom is -0.285 e. The fraction of sp³-hybridized carbons (Fsp3) is 0.227. The fourth-order valence-corrected chi connectivity index (χ4v) is 5.77. The highest BCUT2D eigenvalue weighted by molar-refractivity contribution is 8.22. The molecule has 1 fully saturated rings. The average Bonchev–Trinajstić information content (AvgIpc) is 3.11. The number of rotatable bonds is 5. The van der Waals surface area contributed by atoms with E-state index in [0.717, 1.165) is 16.7 Å². The Morgan fingerprint density at radius 1 is 0.966 bits per heavy atom. The van der Waals surface area contributed by atoms with Crippen molar-refractivity contribution in [3.63, 3.8) is 0 Å². The quantitative estimate of drug-likeness (QED) is 0.644. The maximum atomic E-state index is 10.8. The van der Waals surface area contributed by atoms with Crippen LogP contribution in [0.25, 0.3) is 0 Å². The number of nitrogens with zero attached hydrogens (tertiary/aromatic N) is 4. The molecule has 0 bridgehead atoms. The Hall–Kier alpha value is -2.76. The number of benzene rings is 1. The molecule has 2 N–H and O–H groups in total. The summed E-state index contributed by atoms with van der Waals surface area (Å²) in [5.74, 6) is 0.129. The van der Waals surface area contributed by atoms with E-state index in [1.807, 2.05) is 42.5 Å². The Balaban J connectivity index is 1.92. The van der Waals surface area contributed by atoms with E-state index in [1.54, 1.807) is 35.2 Å². The number of hydrogen-bond acceptors (Lipinski definition) is 6. The van der Waals surface area contributed by atoms with Gasteiger partial charge in [0.1, 0.15) is 0 Å². The second-order valence-electron chi connectivity index (χ2n) is 7.06. The van der Waals surface area contributed by atoms with E-state index in [-0.39, 0.29) is 12.0 Å². The van der Waals surface area contributed by atoms with E-state index < -0.39 is 10.8 Å². The third-order valence-electron chi connectivity index (χ3n) is 5.24. The van der Waals surface area contributed by atoms with Gasteiger partial charge in [-0.1, -0.05) is 24.3 Å². The minimum atomic E-state index is -2.91. The topological polar surface area (TPSA) is 93.3 Å². The number of hydrogen-bond donors (Lipinski definition) is 2. The van der Waals surface area contributed by atoms with E-state index in [2.05, 4.69) is 16.0 Å². The Bertz CT molecular complexity index is 969. The van der Waals surface area contributed by atoms with Crippen molar-refractivity contribution < 1.29 is 9.11 Å². The lowest BCUT2D eigenvalue weighted by molar-refractivity contribution is 0.288. The van der Waals surface area contributed by atoms with Crippen molar-refractivity contribution in [2.45, 2.75) is 18.4 Å². The van der Waals surface area contributed by atoms with Gasteiger partial charge in [-0.3, -0.25) is 19.1 Å². The highest BCUT2D eigenvalue weighted by Crippen LogP contribution is 2.57. The van der Waals surface area contributed by atoms with Crippen LogP contribution in [0.2, 0.25) is 0 Å². The summed E-state index contributed by atoms with van der Waals surface area (Å²) in [7, 11) is -2.91. The van der Waals surface area contributed by atoms with Crippen LogP contribution in [0.4, 0.5) is 0 Å². The van der Waals surface area contributed by atoms with Gasteiger partial charge in [-0.15, -0.1) is 10.8 Å². The fourth-order valence-electron chi connectivity index (χ4n) is 3.99. The van der Waals surface area contributed by atoms with Gasteiger partial charge in [0, 0.05) is 37.3 Å². The van der Waals surface area contributed by atoms with Crippen molar-refractivity contribution >= 4 is 10.8 Å². The van der Waals surface area contributed by atoms with Crippen LogP contribution in [0.3, 0.4) is 0 Å². The Morgan fingerprint density at radius 2 is 1.62 bits per heavy atom. The zero-order valence-corrected chi connectivity index (χ0v) is 16.6. The molecule has 0 saturated carbocycles. The molecule has 1 aliphatic rings. The van der Waals surface area contributed by atoms with Crippen molar-refractivity contribution in [2.75, 3.05) is 12.3 Å². The molecule has 3 aromatic rings. The molecular formula is C22H22N4O2S. The minimum absolute atomic E-state index is 0.226. The zero-order chi connectivity index (χ0) is 20.3. The van der Waals surface area contributed by atoms with Crippen LogP contribution in [0.15, 0.2) is 73.3 Å². The highest BCUT2D eigenvalue weighted by Gasteiger charge is 2.41. The number of aromatic nitrogens is 2. The van der Waals surface area contributed by atoms with Crippen molar-refractivity contribution in [1.29, 1.82) is 5.26 Å². The van der Waals surface area contributed by atoms with Crippen LogP contribution in [-0.4, -0.2) is 35.7 Å². The summed E-state index contributed by atoms with van der Waals surface area (Å²) in [6.07, 6.45) is 7.77. The second-order valence-corrected chi connectivity index (χ2v) is 9.20. The predicted molar refractivity (Wildman–Crippen MR) is 113 cm³/mol. The Kier molecular flexibility index (Phi) is 5.60. The summed E-state index contributed by atoms with van der Waals surface area (Å²) in [6, 6.07) is 16.9. The second kappa shape index (κ2) is 8.31. The van der Waals surface area contributed by atoms with Crippen LogP contribution in [0.5, 0.6) is 0 Å². The normalized spacial score (nSPS) is 18.3. The molecule has 0 aliphatic carbocycles. The molecule has 1 aliphatic heterocycles. The highest BCUT2D eigenvalue weighted by atomic mass is 32.3. The van der Waals surface area contributed by atoms with Crippen molar-refractivity contribution in [2.24, 2.45) is 0 Å². The number of pyridine rings is 2. The molecule has 1 aromatic carbocycles. The van der Waals surface area contributed by atoms with Gasteiger partial charge in [-0.25, -0.2) is 0 Å². The predicted octanol–water partition coefficient (Wildman–Crippen LogP) is 4.59. The van der Waals surface area contributed by atoms with E-state index in [1.165, 1.54) is 0 Å². The molecule has 1 atom stereocenters. The number of nitriles is 1. The van der Waals surface area contributed by atoms with Gasteiger partial charge in [0.15, 0.2) is 0 Å².